The van der Waals surface area contributed by atoms with Crippen LogP contribution < -0.4 is 5.32 Å². The molecule has 0 aliphatic rings. The van der Waals surface area contributed by atoms with E-state index < -0.39 is 0 Å². The molecular weight excluding hydrogens is 325 g/mol. The molecule has 0 bridgehead atoms. The molecule has 102 valence electrons. The number of nitrogens with one attached hydrogen (secondary N) is 1. The number of halogens is 2. The van der Waals surface area contributed by atoms with Gasteiger partial charge in [0.05, 0.1) is 6.04 Å². The maximum Gasteiger partial charge on any atom is 0.123 e. The van der Waals surface area contributed by atoms with Crippen LogP contribution in [0.2, 0.25) is 0 Å². The number of benzene rings is 1. The van der Waals surface area contributed by atoms with Crippen molar-refractivity contribution in [2.75, 3.05) is 6.54 Å². The molecule has 1 aromatic carbocycles. The molecular formula is C15H17BrFNS. The van der Waals surface area contributed by atoms with Gasteiger partial charge in [0.2, 0.25) is 0 Å². The lowest BCUT2D eigenvalue weighted by atomic mass is 10.00. The van der Waals surface area contributed by atoms with Gasteiger partial charge in [0, 0.05) is 14.2 Å². The van der Waals surface area contributed by atoms with Crippen LogP contribution in [-0.2, 0) is 0 Å². The van der Waals surface area contributed by atoms with Gasteiger partial charge >= 0.3 is 0 Å². The molecule has 0 radical (unpaired) electrons. The summed E-state index contributed by atoms with van der Waals surface area (Å²) >= 11 is 5.29. The van der Waals surface area contributed by atoms with Gasteiger partial charge < -0.3 is 5.32 Å². The SMILES string of the molecule is CCNC(c1cc(Br)c(C)s1)c1cc(F)ccc1C. The van der Waals surface area contributed by atoms with Crippen molar-refractivity contribution < 1.29 is 4.39 Å². The minimum Gasteiger partial charge on any atom is -0.306 e. The van der Waals surface area contributed by atoms with Crippen molar-refractivity contribution >= 4 is 27.3 Å². The molecule has 0 saturated carbocycles. The van der Waals surface area contributed by atoms with E-state index in [1.807, 2.05) is 13.0 Å². The van der Waals surface area contributed by atoms with Crippen LogP contribution in [0.3, 0.4) is 0 Å². The van der Waals surface area contributed by atoms with Crippen LogP contribution in [-0.4, -0.2) is 6.54 Å². The largest absolute Gasteiger partial charge is 0.306 e. The fourth-order valence-corrected chi connectivity index (χ4v) is 3.77. The molecule has 1 N–H and O–H groups in total. The van der Waals surface area contributed by atoms with E-state index in [4.69, 9.17) is 0 Å². The number of rotatable bonds is 4. The van der Waals surface area contributed by atoms with E-state index in [9.17, 15) is 4.39 Å². The zero-order valence-corrected chi connectivity index (χ0v) is 13.7. The Morgan fingerprint density at radius 2 is 2.05 bits per heavy atom. The van der Waals surface area contributed by atoms with Gasteiger partial charge in [0.1, 0.15) is 5.82 Å². The van der Waals surface area contributed by atoms with E-state index in [0.29, 0.717) is 0 Å². The number of aryl methyl sites for hydroxylation is 2. The highest BCUT2D eigenvalue weighted by atomic mass is 79.9. The molecule has 1 heterocycles. The minimum absolute atomic E-state index is 0.0516. The minimum atomic E-state index is -0.184. The van der Waals surface area contributed by atoms with Crippen LogP contribution in [0, 0.1) is 19.7 Å². The van der Waals surface area contributed by atoms with Crippen molar-refractivity contribution in [3.05, 3.63) is 55.4 Å². The second kappa shape index (κ2) is 6.16. The topological polar surface area (TPSA) is 12.0 Å². The highest BCUT2D eigenvalue weighted by molar-refractivity contribution is 9.10. The first-order valence-corrected chi connectivity index (χ1v) is 7.89. The lowest BCUT2D eigenvalue weighted by Crippen LogP contribution is -2.22. The summed E-state index contributed by atoms with van der Waals surface area (Å²) in [7, 11) is 0. The molecule has 0 amide bonds. The van der Waals surface area contributed by atoms with Crippen LogP contribution >= 0.6 is 27.3 Å². The van der Waals surface area contributed by atoms with Crippen molar-refractivity contribution in [3.63, 3.8) is 0 Å². The highest BCUT2D eigenvalue weighted by Gasteiger charge is 2.18. The Morgan fingerprint density at radius 1 is 1.32 bits per heavy atom. The molecule has 0 fully saturated rings. The molecule has 1 atom stereocenters. The molecule has 0 aliphatic heterocycles. The van der Waals surface area contributed by atoms with Gasteiger partial charge in [-0.25, -0.2) is 4.39 Å². The average molecular weight is 342 g/mol. The number of hydrogen-bond acceptors (Lipinski definition) is 2. The molecule has 1 unspecified atom stereocenters. The molecule has 0 aliphatic carbocycles. The molecule has 19 heavy (non-hydrogen) atoms. The van der Waals surface area contributed by atoms with Gasteiger partial charge in [-0.3, -0.25) is 0 Å². The molecule has 1 aromatic heterocycles. The van der Waals surface area contributed by atoms with E-state index in [0.717, 1.165) is 22.1 Å². The second-order valence-electron chi connectivity index (χ2n) is 4.54. The Hall–Kier alpha value is -0.710. The summed E-state index contributed by atoms with van der Waals surface area (Å²) in [4.78, 5) is 2.45. The molecule has 2 aromatic rings. The predicted octanol–water partition coefficient (Wildman–Crippen LogP) is 4.97. The standard InChI is InChI=1S/C15H17BrFNS/c1-4-18-15(14-8-13(16)10(3)19-14)12-7-11(17)6-5-9(12)2/h5-8,15,18H,4H2,1-3H3. The summed E-state index contributed by atoms with van der Waals surface area (Å²) in [6, 6.07) is 7.15. The van der Waals surface area contributed by atoms with Crippen molar-refractivity contribution in [2.24, 2.45) is 0 Å². The van der Waals surface area contributed by atoms with E-state index >= 15 is 0 Å². The first-order valence-electron chi connectivity index (χ1n) is 6.28. The van der Waals surface area contributed by atoms with Crippen molar-refractivity contribution in [1.82, 2.24) is 5.32 Å². The van der Waals surface area contributed by atoms with E-state index in [-0.39, 0.29) is 11.9 Å². The van der Waals surface area contributed by atoms with Gasteiger partial charge in [-0.2, -0.15) is 0 Å². The van der Waals surface area contributed by atoms with Gasteiger partial charge in [-0.1, -0.05) is 13.0 Å². The van der Waals surface area contributed by atoms with Crippen LogP contribution in [0.5, 0.6) is 0 Å². The second-order valence-corrected chi connectivity index (χ2v) is 6.69. The van der Waals surface area contributed by atoms with Gasteiger partial charge in [-0.15, -0.1) is 11.3 Å². The van der Waals surface area contributed by atoms with Crippen LogP contribution in [0.4, 0.5) is 4.39 Å². The summed E-state index contributed by atoms with van der Waals surface area (Å²) in [6.45, 7) is 7.01. The van der Waals surface area contributed by atoms with E-state index in [2.05, 4.69) is 41.2 Å². The maximum absolute atomic E-state index is 13.5. The fraction of sp³-hybridized carbons (Fsp3) is 0.333. The maximum atomic E-state index is 13.5. The lowest BCUT2D eigenvalue weighted by Gasteiger charge is -2.19. The molecule has 1 nitrogen and oxygen atoms in total. The summed E-state index contributed by atoms with van der Waals surface area (Å²) in [5.74, 6) is -0.184. The Bertz CT molecular complexity index is 560. The van der Waals surface area contributed by atoms with Gasteiger partial charge in [-0.05, 0) is 65.6 Å². The predicted molar refractivity (Wildman–Crippen MR) is 83.4 cm³/mol. The monoisotopic (exact) mass is 341 g/mol. The average Bonchev–Trinajstić information content (AvgIpc) is 2.70. The highest BCUT2D eigenvalue weighted by Crippen LogP contribution is 2.34. The first kappa shape index (κ1) is 14.7. The summed E-state index contributed by atoms with van der Waals surface area (Å²) in [5.41, 5.74) is 2.12. The smallest absolute Gasteiger partial charge is 0.123 e. The third-order valence-corrected chi connectivity index (χ3v) is 5.32. The Morgan fingerprint density at radius 3 is 2.63 bits per heavy atom. The summed E-state index contributed by atoms with van der Waals surface area (Å²) in [5, 5.41) is 3.45. The lowest BCUT2D eigenvalue weighted by molar-refractivity contribution is 0.604. The van der Waals surface area contributed by atoms with Crippen LogP contribution in [0.15, 0.2) is 28.7 Å². The van der Waals surface area contributed by atoms with Crippen molar-refractivity contribution in [1.29, 1.82) is 0 Å². The molecule has 0 spiro atoms. The van der Waals surface area contributed by atoms with Crippen molar-refractivity contribution in [3.8, 4) is 0 Å². The quantitative estimate of drug-likeness (QED) is 0.828. The Labute approximate surface area is 126 Å². The molecule has 4 heteroatoms. The zero-order valence-electron chi connectivity index (χ0n) is 11.3. The van der Waals surface area contributed by atoms with E-state index in [1.165, 1.54) is 15.8 Å². The van der Waals surface area contributed by atoms with Crippen LogP contribution in [0.25, 0.3) is 0 Å². The Balaban J connectivity index is 2.47. The first-order chi connectivity index (χ1) is 9.02. The number of hydrogen-bond donors (Lipinski definition) is 1. The molecule has 0 saturated heterocycles. The zero-order chi connectivity index (χ0) is 14.0. The third-order valence-electron chi connectivity index (χ3n) is 3.12. The third kappa shape index (κ3) is 3.25. The van der Waals surface area contributed by atoms with Crippen molar-refractivity contribution in [2.45, 2.75) is 26.8 Å². The molecule has 2 rings (SSSR count). The van der Waals surface area contributed by atoms with Gasteiger partial charge in [0.15, 0.2) is 0 Å². The number of thiophene rings is 1. The summed E-state index contributed by atoms with van der Waals surface area (Å²) in [6.07, 6.45) is 0. The van der Waals surface area contributed by atoms with Crippen LogP contribution in [0.1, 0.15) is 33.8 Å². The normalized spacial score (nSPS) is 12.7. The van der Waals surface area contributed by atoms with E-state index in [1.54, 1.807) is 17.4 Å². The Kier molecular flexibility index (Phi) is 4.76. The summed E-state index contributed by atoms with van der Waals surface area (Å²) < 4.78 is 14.6. The fourth-order valence-electron chi connectivity index (χ4n) is 2.11. The van der Waals surface area contributed by atoms with Gasteiger partial charge in [0.25, 0.3) is 0 Å².